The van der Waals surface area contributed by atoms with E-state index < -0.39 is 11.4 Å². The molecule has 0 fully saturated rings. The summed E-state index contributed by atoms with van der Waals surface area (Å²) in [5.41, 5.74) is 7.63. The van der Waals surface area contributed by atoms with Crippen molar-refractivity contribution in [2.24, 2.45) is 5.73 Å². The molecule has 132 valence electrons. The maximum Gasteiger partial charge on any atom is 0.242 e. The zero-order chi connectivity index (χ0) is 18.4. The number of hydrogen-bond donors (Lipinski definition) is 2. The molecule has 0 spiro atoms. The first-order chi connectivity index (χ1) is 12.6. The summed E-state index contributed by atoms with van der Waals surface area (Å²) in [6.45, 7) is 0.470. The van der Waals surface area contributed by atoms with Crippen molar-refractivity contribution in [1.29, 1.82) is 0 Å². The van der Waals surface area contributed by atoms with E-state index in [0.29, 0.717) is 13.0 Å². The van der Waals surface area contributed by atoms with Crippen LogP contribution in [-0.4, -0.2) is 15.9 Å². The fraction of sp³-hybridized carbons (Fsp3) is 0.150. The Morgan fingerprint density at radius 3 is 2.35 bits per heavy atom. The molecule has 3 N–H and O–H groups in total. The van der Waals surface area contributed by atoms with Gasteiger partial charge in [-0.15, -0.1) is 0 Å². The van der Waals surface area contributed by atoms with Crippen LogP contribution in [0.15, 0.2) is 77.8 Å². The van der Waals surface area contributed by atoms with Gasteiger partial charge in [0.05, 0.1) is 0 Å². The van der Waals surface area contributed by atoms with Gasteiger partial charge in [-0.1, -0.05) is 34.1 Å². The molecule has 0 aliphatic carbocycles. The number of carbonyl (C=O) groups excluding carboxylic acids is 1. The van der Waals surface area contributed by atoms with E-state index in [4.69, 9.17) is 5.73 Å². The summed E-state index contributed by atoms with van der Waals surface area (Å²) < 4.78 is 0.941. The first-order valence-electron chi connectivity index (χ1n) is 8.19. The van der Waals surface area contributed by atoms with Gasteiger partial charge in [-0.3, -0.25) is 20.1 Å². The van der Waals surface area contributed by atoms with Crippen molar-refractivity contribution in [1.82, 2.24) is 15.3 Å². The van der Waals surface area contributed by atoms with Crippen molar-refractivity contribution in [3.63, 3.8) is 0 Å². The lowest BCUT2D eigenvalue weighted by molar-refractivity contribution is -0.125. The Hall–Kier alpha value is -2.57. The molecule has 3 aromatic rings. The maximum absolute atomic E-state index is 12.6. The van der Waals surface area contributed by atoms with Crippen LogP contribution < -0.4 is 11.1 Å². The molecule has 1 aromatic carbocycles. The zero-order valence-corrected chi connectivity index (χ0v) is 15.7. The van der Waals surface area contributed by atoms with Crippen LogP contribution in [-0.2, 0) is 23.3 Å². The minimum absolute atomic E-state index is 0.423. The minimum Gasteiger partial charge on any atom is -0.368 e. The number of hydrogen-bond acceptors (Lipinski definition) is 4. The first kappa shape index (κ1) is 18.2. The average Bonchev–Trinajstić information content (AvgIpc) is 2.67. The summed E-state index contributed by atoms with van der Waals surface area (Å²) >= 11 is 3.44. The highest BCUT2D eigenvalue weighted by Crippen LogP contribution is 2.28. The summed E-state index contributed by atoms with van der Waals surface area (Å²) in [6.07, 6.45) is 7.34. The fourth-order valence-corrected chi connectivity index (χ4v) is 3.14. The molecule has 2 aromatic heterocycles. The lowest BCUT2D eigenvalue weighted by atomic mass is 9.83. The third-order valence-corrected chi connectivity index (χ3v) is 4.82. The molecule has 0 saturated heterocycles. The summed E-state index contributed by atoms with van der Waals surface area (Å²) in [7, 11) is 0. The van der Waals surface area contributed by atoms with Gasteiger partial charge in [0.2, 0.25) is 5.91 Å². The van der Waals surface area contributed by atoms with Crippen molar-refractivity contribution < 1.29 is 4.79 Å². The Balaban J connectivity index is 1.99. The second-order valence-corrected chi connectivity index (χ2v) is 6.94. The predicted octanol–water partition coefficient (Wildman–Crippen LogP) is 2.95. The number of halogens is 1. The number of pyridine rings is 2. The fourth-order valence-electron chi connectivity index (χ4n) is 2.88. The number of aromatic nitrogens is 2. The largest absolute Gasteiger partial charge is 0.368 e. The van der Waals surface area contributed by atoms with Gasteiger partial charge < -0.3 is 5.73 Å². The monoisotopic (exact) mass is 410 g/mol. The molecule has 1 atom stereocenters. The molecule has 0 saturated carbocycles. The van der Waals surface area contributed by atoms with Gasteiger partial charge in [0, 0.05) is 42.2 Å². The molecule has 3 rings (SSSR count). The van der Waals surface area contributed by atoms with Crippen molar-refractivity contribution >= 4 is 21.8 Å². The van der Waals surface area contributed by atoms with Gasteiger partial charge in [-0.05, 0) is 47.0 Å². The molecule has 0 aliphatic rings. The van der Waals surface area contributed by atoms with E-state index in [9.17, 15) is 4.79 Å². The number of rotatable bonds is 7. The highest BCUT2D eigenvalue weighted by molar-refractivity contribution is 9.10. The highest BCUT2D eigenvalue weighted by Gasteiger charge is 2.38. The van der Waals surface area contributed by atoms with Gasteiger partial charge in [0.25, 0.3) is 0 Å². The molecule has 0 radical (unpaired) electrons. The molecule has 26 heavy (non-hydrogen) atoms. The van der Waals surface area contributed by atoms with Crippen LogP contribution in [0.5, 0.6) is 0 Å². The summed E-state index contributed by atoms with van der Waals surface area (Å²) in [4.78, 5) is 20.8. The number of nitrogens with two attached hydrogens (primary N) is 1. The van der Waals surface area contributed by atoms with Crippen LogP contribution >= 0.6 is 15.9 Å². The van der Waals surface area contributed by atoms with Crippen LogP contribution in [0.2, 0.25) is 0 Å². The molecular weight excluding hydrogens is 392 g/mol. The minimum atomic E-state index is -1.04. The van der Waals surface area contributed by atoms with Crippen molar-refractivity contribution in [2.75, 3.05) is 0 Å². The highest BCUT2D eigenvalue weighted by atomic mass is 79.9. The van der Waals surface area contributed by atoms with Crippen molar-refractivity contribution in [3.8, 4) is 0 Å². The van der Waals surface area contributed by atoms with Gasteiger partial charge in [-0.25, -0.2) is 0 Å². The second-order valence-electron chi connectivity index (χ2n) is 6.02. The molecule has 2 heterocycles. The predicted molar refractivity (Wildman–Crippen MR) is 104 cm³/mol. The van der Waals surface area contributed by atoms with Crippen LogP contribution in [0.1, 0.15) is 16.7 Å². The van der Waals surface area contributed by atoms with Crippen molar-refractivity contribution in [2.45, 2.75) is 18.5 Å². The number of nitrogens with one attached hydrogen (secondary N) is 1. The zero-order valence-electron chi connectivity index (χ0n) is 14.1. The summed E-state index contributed by atoms with van der Waals surface area (Å²) in [6, 6.07) is 15.2. The van der Waals surface area contributed by atoms with Gasteiger partial charge in [-0.2, -0.15) is 0 Å². The maximum atomic E-state index is 12.6. The Kier molecular flexibility index (Phi) is 5.75. The van der Waals surface area contributed by atoms with Crippen LogP contribution in [0, 0.1) is 0 Å². The Morgan fingerprint density at radius 1 is 1.00 bits per heavy atom. The Morgan fingerprint density at radius 2 is 1.73 bits per heavy atom. The van der Waals surface area contributed by atoms with E-state index in [2.05, 4.69) is 31.2 Å². The molecule has 0 aliphatic heterocycles. The quantitative estimate of drug-likeness (QED) is 0.627. The lowest BCUT2D eigenvalue weighted by Crippen LogP contribution is -2.54. The molecule has 5 nitrogen and oxygen atoms in total. The Labute approximate surface area is 160 Å². The number of carbonyl (C=O) groups is 1. The summed E-state index contributed by atoms with van der Waals surface area (Å²) in [5, 5.41) is 3.38. The smallest absolute Gasteiger partial charge is 0.242 e. The topological polar surface area (TPSA) is 80.9 Å². The number of nitrogens with zero attached hydrogens (tertiary/aromatic N) is 2. The van der Waals surface area contributed by atoms with Gasteiger partial charge in [0.15, 0.2) is 0 Å². The number of amides is 1. The average molecular weight is 411 g/mol. The first-order valence-corrected chi connectivity index (χ1v) is 8.98. The third-order valence-electron chi connectivity index (χ3n) is 4.29. The number of benzene rings is 1. The Bertz CT molecular complexity index is 856. The van der Waals surface area contributed by atoms with Crippen LogP contribution in [0.4, 0.5) is 0 Å². The van der Waals surface area contributed by atoms with E-state index in [1.807, 2.05) is 48.5 Å². The van der Waals surface area contributed by atoms with E-state index >= 15 is 0 Å². The molecule has 1 unspecified atom stereocenters. The van der Waals surface area contributed by atoms with E-state index in [1.165, 1.54) is 0 Å². The molecular formula is C20H19BrN4O. The van der Waals surface area contributed by atoms with Crippen molar-refractivity contribution in [3.05, 3.63) is 94.5 Å². The van der Waals surface area contributed by atoms with E-state index in [0.717, 1.165) is 21.2 Å². The molecule has 6 heteroatoms. The normalized spacial score (nSPS) is 13.1. The van der Waals surface area contributed by atoms with Gasteiger partial charge >= 0.3 is 0 Å². The van der Waals surface area contributed by atoms with E-state index in [1.54, 1.807) is 24.8 Å². The van der Waals surface area contributed by atoms with E-state index in [-0.39, 0.29) is 0 Å². The standard InChI is InChI=1S/C20H19BrN4O/c21-18-5-3-17(4-6-18)20(19(22)26,12-15-7-10-23-11-8-15)25-14-16-2-1-9-24-13-16/h1-11,13,25H,12,14H2,(H2,22,26). The third kappa shape index (κ3) is 4.15. The number of primary amides is 1. The van der Waals surface area contributed by atoms with Gasteiger partial charge in [0.1, 0.15) is 5.54 Å². The van der Waals surface area contributed by atoms with Crippen LogP contribution in [0.25, 0.3) is 0 Å². The molecule has 0 bridgehead atoms. The van der Waals surface area contributed by atoms with Crippen LogP contribution in [0.3, 0.4) is 0 Å². The summed E-state index contributed by atoms with van der Waals surface area (Å²) in [5.74, 6) is -0.430. The lowest BCUT2D eigenvalue weighted by Gasteiger charge is -2.33. The molecule has 1 amide bonds. The second kappa shape index (κ2) is 8.21. The SMILES string of the molecule is NC(=O)C(Cc1ccncc1)(NCc1cccnc1)c1ccc(Br)cc1.